The van der Waals surface area contributed by atoms with Crippen molar-refractivity contribution in [3.63, 3.8) is 0 Å². The van der Waals surface area contributed by atoms with Gasteiger partial charge < -0.3 is 10.1 Å². The van der Waals surface area contributed by atoms with E-state index in [9.17, 15) is 18.4 Å². The number of carbonyl (C=O) groups is 2. The summed E-state index contributed by atoms with van der Waals surface area (Å²) >= 11 is 0. The summed E-state index contributed by atoms with van der Waals surface area (Å²) in [5.41, 5.74) is -0.545. The van der Waals surface area contributed by atoms with Gasteiger partial charge in [0.2, 0.25) is 0 Å². The van der Waals surface area contributed by atoms with Crippen LogP contribution in [-0.2, 0) is 4.74 Å². The van der Waals surface area contributed by atoms with Gasteiger partial charge in [-0.1, -0.05) is 0 Å². The number of halogens is 2. The summed E-state index contributed by atoms with van der Waals surface area (Å²) in [6, 6.07) is 4.25. The molecule has 0 atom stereocenters. The predicted molar refractivity (Wildman–Crippen MR) is 69.9 cm³/mol. The van der Waals surface area contributed by atoms with Crippen molar-refractivity contribution in [1.29, 1.82) is 0 Å². The Balaban J connectivity index is 2.32. The van der Waals surface area contributed by atoms with Crippen LogP contribution in [-0.4, -0.2) is 24.0 Å². The molecule has 1 aromatic heterocycles. The number of esters is 1. The number of hydrogen-bond donors (Lipinski definition) is 1. The first-order valence-corrected chi connectivity index (χ1v) is 5.81. The summed E-state index contributed by atoms with van der Waals surface area (Å²) in [4.78, 5) is 27.0. The summed E-state index contributed by atoms with van der Waals surface area (Å²) in [6.45, 7) is 0. The van der Waals surface area contributed by atoms with Gasteiger partial charge in [0.25, 0.3) is 5.91 Å². The van der Waals surface area contributed by atoms with E-state index in [1.54, 1.807) is 0 Å². The molecule has 1 heterocycles. The SMILES string of the molecule is COC(=O)c1cc(NC(=O)c2ccncc2)c(F)cc1F. The molecule has 108 valence electrons. The fourth-order valence-corrected chi connectivity index (χ4v) is 1.61. The van der Waals surface area contributed by atoms with E-state index in [4.69, 9.17) is 0 Å². The lowest BCUT2D eigenvalue weighted by Crippen LogP contribution is -2.14. The molecule has 1 N–H and O–H groups in total. The van der Waals surface area contributed by atoms with E-state index in [0.717, 1.165) is 13.2 Å². The van der Waals surface area contributed by atoms with E-state index in [1.165, 1.54) is 24.5 Å². The van der Waals surface area contributed by atoms with E-state index in [0.29, 0.717) is 6.07 Å². The van der Waals surface area contributed by atoms with Gasteiger partial charge in [0.05, 0.1) is 18.4 Å². The van der Waals surface area contributed by atoms with E-state index >= 15 is 0 Å². The lowest BCUT2D eigenvalue weighted by Gasteiger charge is -2.09. The van der Waals surface area contributed by atoms with Crippen LogP contribution in [0.25, 0.3) is 0 Å². The lowest BCUT2D eigenvalue weighted by molar-refractivity contribution is 0.0595. The van der Waals surface area contributed by atoms with Crippen molar-refractivity contribution >= 4 is 17.6 Å². The van der Waals surface area contributed by atoms with Crippen molar-refractivity contribution in [1.82, 2.24) is 4.98 Å². The quantitative estimate of drug-likeness (QED) is 0.882. The molecule has 1 amide bonds. The van der Waals surface area contributed by atoms with Gasteiger partial charge in [0.15, 0.2) is 0 Å². The number of ether oxygens (including phenoxy) is 1. The minimum atomic E-state index is -1.07. The summed E-state index contributed by atoms with van der Waals surface area (Å²) < 4.78 is 31.5. The number of benzene rings is 1. The Labute approximate surface area is 118 Å². The van der Waals surface area contributed by atoms with Crippen molar-refractivity contribution in [3.05, 3.63) is 59.4 Å². The van der Waals surface area contributed by atoms with Crippen molar-refractivity contribution in [2.24, 2.45) is 0 Å². The second-order valence-corrected chi connectivity index (χ2v) is 3.99. The Morgan fingerprint density at radius 2 is 1.81 bits per heavy atom. The first kappa shape index (κ1) is 14.6. The minimum absolute atomic E-state index is 0.244. The molecule has 7 heteroatoms. The molecule has 0 saturated carbocycles. The van der Waals surface area contributed by atoms with Crippen LogP contribution in [0.4, 0.5) is 14.5 Å². The fourth-order valence-electron chi connectivity index (χ4n) is 1.61. The molecule has 21 heavy (non-hydrogen) atoms. The van der Waals surface area contributed by atoms with Gasteiger partial charge in [-0.2, -0.15) is 0 Å². The monoisotopic (exact) mass is 292 g/mol. The lowest BCUT2D eigenvalue weighted by atomic mass is 10.1. The van der Waals surface area contributed by atoms with Crippen LogP contribution >= 0.6 is 0 Å². The highest BCUT2D eigenvalue weighted by atomic mass is 19.1. The number of anilines is 1. The van der Waals surface area contributed by atoms with Gasteiger partial charge in [-0.25, -0.2) is 13.6 Å². The Bertz CT molecular complexity index is 690. The van der Waals surface area contributed by atoms with E-state index in [-0.39, 0.29) is 11.3 Å². The Morgan fingerprint density at radius 1 is 1.14 bits per heavy atom. The highest BCUT2D eigenvalue weighted by molar-refractivity contribution is 6.04. The Kier molecular flexibility index (Phi) is 4.22. The first-order chi connectivity index (χ1) is 10.0. The maximum absolute atomic E-state index is 13.7. The van der Waals surface area contributed by atoms with Gasteiger partial charge in [-0.15, -0.1) is 0 Å². The van der Waals surface area contributed by atoms with Gasteiger partial charge in [0.1, 0.15) is 11.6 Å². The van der Waals surface area contributed by atoms with Crippen molar-refractivity contribution in [2.45, 2.75) is 0 Å². The maximum Gasteiger partial charge on any atom is 0.340 e. The van der Waals surface area contributed by atoms with Crippen LogP contribution in [0.1, 0.15) is 20.7 Å². The third kappa shape index (κ3) is 3.19. The average Bonchev–Trinajstić information content (AvgIpc) is 2.50. The molecule has 0 saturated heterocycles. The van der Waals surface area contributed by atoms with E-state index < -0.39 is 29.1 Å². The molecule has 2 aromatic rings. The standard InChI is InChI=1S/C14H10F2N2O3/c1-21-14(20)9-6-12(11(16)7-10(9)15)18-13(19)8-2-4-17-5-3-8/h2-7H,1H3,(H,18,19). The molecule has 0 fully saturated rings. The van der Waals surface area contributed by atoms with Crippen molar-refractivity contribution in [2.75, 3.05) is 12.4 Å². The second kappa shape index (κ2) is 6.08. The topological polar surface area (TPSA) is 68.3 Å². The average molecular weight is 292 g/mol. The molecule has 5 nitrogen and oxygen atoms in total. The highest BCUT2D eigenvalue weighted by Crippen LogP contribution is 2.21. The van der Waals surface area contributed by atoms with Gasteiger partial charge in [-0.05, 0) is 18.2 Å². The molecule has 0 aliphatic carbocycles. The minimum Gasteiger partial charge on any atom is -0.465 e. The number of aromatic nitrogens is 1. The zero-order chi connectivity index (χ0) is 15.4. The third-order valence-electron chi connectivity index (χ3n) is 2.65. The number of hydrogen-bond acceptors (Lipinski definition) is 4. The molecule has 0 bridgehead atoms. The number of amides is 1. The van der Waals surface area contributed by atoms with Gasteiger partial charge in [0, 0.05) is 24.0 Å². The van der Waals surface area contributed by atoms with Crippen LogP contribution in [0, 0.1) is 11.6 Å². The summed E-state index contributed by atoms with van der Waals surface area (Å²) in [5.74, 6) is -3.64. The normalized spacial score (nSPS) is 10.0. The molecule has 0 spiro atoms. The van der Waals surface area contributed by atoms with Crippen LogP contribution in [0.15, 0.2) is 36.7 Å². The number of methoxy groups -OCH3 is 1. The molecule has 0 aliphatic heterocycles. The Morgan fingerprint density at radius 3 is 2.43 bits per heavy atom. The molecule has 0 aliphatic rings. The smallest absolute Gasteiger partial charge is 0.340 e. The largest absolute Gasteiger partial charge is 0.465 e. The summed E-state index contributed by atoms with van der Waals surface area (Å²) in [5, 5.41) is 2.26. The molecule has 2 rings (SSSR count). The fraction of sp³-hybridized carbons (Fsp3) is 0.0714. The third-order valence-corrected chi connectivity index (χ3v) is 2.65. The van der Waals surface area contributed by atoms with Crippen molar-refractivity contribution in [3.8, 4) is 0 Å². The van der Waals surface area contributed by atoms with Crippen LogP contribution < -0.4 is 5.32 Å². The second-order valence-electron chi connectivity index (χ2n) is 3.99. The number of pyridine rings is 1. The number of rotatable bonds is 3. The summed E-state index contributed by atoms with van der Waals surface area (Å²) in [6.07, 6.45) is 2.80. The molecular formula is C14H10F2N2O3. The predicted octanol–water partition coefficient (Wildman–Crippen LogP) is 2.40. The molecular weight excluding hydrogens is 282 g/mol. The number of carbonyl (C=O) groups excluding carboxylic acids is 2. The van der Waals surface area contributed by atoms with Gasteiger partial charge in [-0.3, -0.25) is 9.78 Å². The maximum atomic E-state index is 13.7. The number of nitrogens with zero attached hydrogens (tertiary/aromatic N) is 1. The summed E-state index contributed by atoms with van der Waals surface area (Å²) in [7, 11) is 1.07. The van der Waals surface area contributed by atoms with Crippen molar-refractivity contribution < 1.29 is 23.1 Å². The first-order valence-electron chi connectivity index (χ1n) is 5.81. The van der Waals surface area contributed by atoms with Crippen LogP contribution in [0.5, 0.6) is 0 Å². The molecule has 0 radical (unpaired) electrons. The highest BCUT2D eigenvalue weighted by Gasteiger charge is 2.18. The zero-order valence-corrected chi connectivity index (χ0v) is 10.9. The number of nitrogens with one attached hydrogen (secondary N) is 1. The molecule has 0 unspecified atom stereocenters. The van der Waals surface area contributed by atoms with Crippen LogP contribution in [0.2, 0.25) is 0 Å². The zero-order valence-electron chi connectivity index (χ0n) is 10.9. The van der Waals surface area contributed by atoms with Gasteiger partial charge >= 0.3 is 5.97 Å². The molecule has 1 aromatic carbocycles. The Hall–Kier alpha value is -2.83. The van der Waals surface area contributed by atoms with E-state index in [2.05, 4.69) is 15.0 Å². The van der Waals surface area contributed by atoms with Crippen LogP contribution in [0.3, 0.4) is 0 Å². The van der Waals surface area contributed by atoms with E-state index in [1.807, 2.05) is 0 Å².